The van der Waals surface area contributed by atoms with E-state index in [1.54, 1.807) is 26.0 Å². The van der Waals surface area contributed by atoms with Gasteiger partial charge in [0.25, 0.3) is 0 Å². The lowest BCUT2D eigenvalue weighted by Gasteiger charge is -2.15. The predicted molar refractivity (Wildman–Crippen MR) is 92.5 cm³/mol. The van der Waals surface area contributed by atoms with Crippen LogP contribution in [0.5, 0.6) is 0 Å². The fourth-order valence-corrected chi connectivity index (χ4v) is 2.87. The molecule has 0 aliphatic rings. The van der Waals surface area contributed by atoms with E-state index in [0.29, 0.717) is 33.7 Å². The summed E-state index contributed by atoms with van der Waals surface area (Å²) >= 11 is 0. The molecule has 0 aliphatic carbocycles. The van der Waals surface area contributed by atoms with Crippen molar-refractivity contribution in [3.63, 3.8) is 0 Å². The Labute approximate surface area is 148 Å². The molecule has 0 bridgehead atoms. The van der Waals surface area contributed by atoms with Gasteiger partial charge in [-0.2, -0.15) is 13.2 Å². The van der Waals surface area contributed by atoms with Gasteiger partial charge in [0.1, 0.15) is 17.5 Å². The number of alkyl halides is 3. The summed E-state index contributed by atoms with van der Waals surface area (Å²) in [5, 5.41) is 3.69. The van der Waals surface area contributed by atoms with Gasteiger partial charge in [0.05, 0.1) is 11.1 Å². The highest BCUT2D eigenvalue weighted by Gasteiger charge is 2.32. The molecule has 136 valence electrons. The lowest BCUT2D eigenvalue weighted by Crippen LogP contribution is -2.11. The maximum absolute atomic E-state index is 13.8. The van der Waals surface area contributed by atoms with E-state index in [2.05, 4.69) is 15.3 Å². The van der Waals surface area contributed by atoms with Crippen molar-refractivity contribution >= 4 is 16.7 Å². The molecule has 26 heavy (non-hydrogen) atoms. The van der Waals surface area contributed by atoms with Gasteiger partial charge >= 0.3 is 6.18 Å². The van der Waals surface area contributed by atoms with Gasteiger partial charge in [-0.3, -0.25) is 0 Å². The van der Waals surface area contributed by atoms with Crippen LogP contribution >= 0.6 is 0 Å². The molecule has 0 fully saturated rings. The first kappa shape index (κ1) is 18.1. The minimum atomic E-state index is -4.40. The SMILES string of the molecule is Cc1nc(NCc2cccc(C(F)(F)F)c2C)c2cc(C)c(F)cc2n1. The minimum Gasteiger partial charge on any atom is -0.365 e. The number of rotatable bonds is 3. The van der Waals surface area contributed by atoms with Gasteiger partial charge < -0.3 is 5.32 Å². The molecule has 2 aromatic carbocycles. The first-order valence-electron chi connectivity index (χ1n) is 8.01. The Morgan fingerprint density at radius 3 is 2.46 bits per heavy atom. The van der Waals surface area contributed by atoms with Gasteiger partial charge in [-0.15, -0.1) is 0 Å². The quantitative estimate of drug-likeness (QED) is 0.640. The van der Waals surface area contributed by atoms with Crippen molar-refractivity contribution in [3.05, 3.63) is 64.2 Å². The molecule has 0 aliphatic heterocycles. The fraction of sp³-hybridized carbons (Fsp3) is 0.263. The third kappa shape index (κ3) is 3.47. The van der Waals surface area contributed by atoms with Crippen LogP contribution in [0.4, 0.5) is 23.4 Å². The first-order valence-corrected chi connectivity index (χ1v) is 8.01. The van der Waals surface area contributed by atoms with Crippen molar-refractivity contribution < 1.29 is 17.6 Å². The third-order valence-electron chi connectivity index (χ3n) is 4.29. The van der Waals surface area contributed by atoms with E-state index < -0.39 is 11.7 Å². The van der Waals surface area contributed by atoms with E-state index in [-0.39, 0.29) is 17.9 Å². The number of hydrogen-bond acceptors (Lipinski definition) is 3. The number of benzene rings is 2. The Morgan fingerprint density at radius 2 is 1.77 bits per heavy atom. The van der Waals surface area contributed by atoms with Crippen LogP contribution in [0.2, 0.25) is 0 Å². The van der Waals surface area contributed by atoms with Crippen molar-refractivity contribution in [1.29, 1.82) is 0 Å². The maximum atomic E-state index is 13.8. The minimum absolute atomic E-state index is 0.164. The summed E-state index contributed by atoms with van der Waals surface area (Å²) in [5.41, 5.74) is 0.929. The van der Waals surface area contributed by atoms with Crippen LogP contribution in [0.3, 0.4) is 0 Å². The van der Waals surface area contributed by atoms with Crippen molar-refractivity contribution in [1.82, 2.24) is 9.97 Å². The third-order valence-corrected chi connectivity index (χ3v) is 4.29. The average Bonchev–Trinajstić information content (AvgIpc) is 2.54. The molecule has 3 nitrogen and oxygen atoms in total. The zero-order valence-corrected chi connectivity index (χ0v) is 14.5. The largest absolute Gasteiger partial charge is 0.416 e. The van der Waals surface area contributed by atoms with Gasteiger partial charge in [0, 0.05) is 18.0 Å². The van der Waals surface area contributed by atoms with E-state index in [0.717, 1.165) is 6.07 Å². The lowest BCUT2D eigenvalue weighted by atomic mass is 10.0. The van der Waals surface area contributed by atoms with Crippen LogP contribution in [-0.4, -0.2) is 9.97 Å². The summed E-state index contributed by atoms with van der Waals surface area (Å²) in [4.78, 5) is 8.54. The molecule has 7 heteroatoms. The number of aryl methyl sites for hydroxylation is 2. The molecule has 3 aromatic rings. The summed E-state index contributed by atoms with van der Waals surface area (Å²) in [6.07, 6.45) is -4.40. The van der Waals surface area contributed by atoms with Crippen LogP contribution in [-0.2, 0) is 12.7 Å². The van der Waals surface area contributed by atoms with E-state index in [9.17, 15) is 17.6 Å². The second-order valence-corrected chi connectivity index (χ2v) is 6.18. The Balaban J connectivity index is 1.97. The van der Waals surface area contributed by atoms with Gasteiger partial charge in [-0.05, 0) is 49.6 Å². The molecule has 1 aromatic heterocycles. The van der Waals surface area contributed by atoms with Crippen LogP contribution < -0.4 is 5.32 Å². The number of fused-ring (bicyclic) bond motifs is 1. The summed E-state index contributed by atoms with van der Waals surface area (Å²) in [7, 11) is 0. The van der Waals surface area contributed by atoms with Crippen molar-refractivity contribution in [2.75, 3.05) is 5.32 Å². The Hall–Kier alpha value is -2.70. The average molecular weight is 363 g/mol. The standard InChI is InChI=1S/C19H17F4N3/c1-10-7-14-17(8-16(10)20)25-12(3)26-18(14)24-9-13-5-4-6-15(11(13)2)19(21,22)23/h4-8H,9H2,1-3H3,(H,24,25,26). The van der Waals surface area contributed by atoms with E-state index in [1.165, 1.54) is 19.1 Å². The predicted octanol–water partition coefficient (Wildman–Crippen LogP) is 5.33. The highest BCUT2D eigenvalue weighted by Crippen LogP contribution is 2.33. The maximum Gasteiger partial charge on any atom is 0.416 e. The summed E-state index contributed by atoms with van der Waals surface area (Å²) in [6, 6.07) is 7.05. The van der Waals surface area contributed by atoms with Gasteiger partial charge in [0.2, 0.25) is 0 Å². The molecule has 1 N–H and O–H groups in total. The number of halogens is 4. The molecular weight excluding hydrogens is 346 g/mol. The molecule has 0 radical (unpaired) electrons. The highest BCUT2D eigenvalue weighted by atomic mass is 19.4. The fourth-order valence-electron chi connectivity index (χ4n) is 2.87. The van der Waals surface area contributed by atoms with E-state index in [4.69, 9.17) is 0 Å². The molecule has 0 amide bonds. The van der Waals surface area contributed by atoms with Gasteiger partial charge in [-0.25, -0.2) is 14.4 Å². The van der Waals surface area contributed by atoms with Crippen molar-refractivity contribution in [2.45, 2.75) is 33.5 Å². The normalized spacial score (nSPS) is 11.8. The zero-order valence-electron chi connectivity index (χ0n) is 14.5. The first-order chi connectivity index (χ1) is 12.2. The number of nitrogens with one attached hydrogen (secondary N) is 1. The van der Waals surface area contributed by atoms with Crippen LogP contribution in [0.1, 0.15) is 28.1 Å². The second-order valence-electron chi connectivity index (χ2n) is 6.18. The molecule has 0 unspecified atom stereocenters. The Morgan fingerprint density at radius 1 is 1.04 bits per heavy atom. The topological polar surface area (TPSA) is 37.8 Å². The summed E-state index contributed by atoms with van der Waals surface area (Å²) in [5.74, 6) is 0.548. The van der Waals surface area contributed by atoms with E-state index in [1.807, 2.05) is 0 Å². The zero-order chi connectivity index (χ0) is 19.1. The Kier molecular flexibility index (Phi) is 4.56. The number of aromatic nitrogens is 2. The van der Waals surface area contributed by atoms with Crippen molar-refractivity contribution in [2.24, 2.45) is 0 Å². The second kappa shape index (κ2) is 6.55. The molecule has 3 rings (SSSR count). The van der Waals surface area contributed by atoms with Gasteiger partial charge in [0.15, 0.2) is 0 Å². The molecule has 0 saturated carbocycles. The smallest absolute Gasteiger partial charge is 0.365 e. The Bertz CT molecular complexity index is 981. The summed E-state index contributed by atoms with van der Waals surface area (Å²) in [6.45, 7) is 4.92. The van der Waals surface area contributed by atoms with Crippen LogP contribution in [0.15, 0.2) is 30.3 Å². The number of nitrogens with zero attached hydrogens (tertiary/aromatic N) is 2. The lowest BCUT2D eigenvalue weighted by molar-refractivity contribution is -0.138. The van der Waals surface area contributed by atoms with Gasteiger partial charge in [-0.1, -0.05) is 12.1 Å². The molecule has 0 saturated heterocycles. The molecule has 0 spiro atoms. The monoisotopic (exact) mass is 363 g/mol. The number of hydrogen-bond donors (Lipinski definition) is 1. The van der Waals surface area contributed by atoms with Crippen LogP contribution in [0.25, 0.3) is 10.9 Å². The molecular formula is C19H17F4N3. The van der Waals surface area contributed by atoms with Crippen molar-refractivity contribution in [3.8, 4) is 0 Å². The molecule has 1 heterocycles. The molecule has 0 atom stereocenters. The van der Waals surface area contributed by atoms with E-state index >= 15 is 0 Å². The highest BCUT2D eigenvalue weighted by molar-refractivity contribution is 5.89. The van der Waals surface area contributed by atoms with Crippen LogP contribution in [0, 0.1) is 26.6 Å². The summed E-state index contributed by atoms with van der Waals surface area (Å²) < 4.78 is 53.0. The number of anilines is 1.